The average molecular weight is 257 g/mol. The number of benzene rings is 1. The number of nitrogens with zero attached hydrogens (tertiary/aromatic N) is 1. The van der Waals surface area contributed by atoms with E-state index in [1.807, 2.05) is 0 Å². The molecule has 0 bridgehead atoms. The molecule has 0 radical (unpaired) electrons. The van der Waals surface area contributed by atoms with Gasteiger partial charge in [-0.3, -0.25) is 0 Å². The highest BCUT2D eigenvalue weighted by Crippen LogP contribution is 2.40. The van der Waals surface area contributed by atoms with Crippen molar-refractivity contribution < 1.29 is 4.74 Å². The van der Waals surface area contributed by atoms with Crippen LogP contribution in [0.15, 0.2) is 35.7 Å². The van der Waals surface area contributed by atoms with Gasteiger partial charge in [0.15, 0.2) is 0 Å². The molecule has 102 valence electrons. The van der Waals surface area contributed by atoms with Gasteiger partial charge in [-0.1, -0.05) is 18.2 Å². The van der Waals surface area contributed by atoms with E-state index in [1.165, 1.54) is 35.5 Å². The second-order valence-electron chi connectivity index (χ2n) is 6.50. The van der Waals surface area contributed by atoms with Crippen LogP contribution in [0.5, 0.6) is 0 Å². The fraction of sp³-hybridized carbons (Fsp3) is 0.529. The minimum Gasteiger partial charge on any atom is -0.491 e. The Morgan fingerprint density at radius 3 is 2.58 bits per heavy atom. The van der Waals surface area contributed by atoms with Crippen molar-refractivity contribution in [2.24, 2.45) is 0 Å². The van der Waals surface area contributed by atoms with E-state index >= 15 is 0 Å². The predicted molar refractivity (Wildman–Crippen MR) is 79.0 cm³/mol. The van der Waals surface area contributed by atoms with Gasteiger partial charge in [0, 0.05) is 23.2 Å². The molecule has 1 aliphatic heterocycles. The SMILES string of the molecule is CC(C)(C)N1C2=C(CCCC2)OCc2ccccc21. The molecule has 0 spiro atoms. The van der Waals surface area contributed by atoms with E-state index in [1.54, 1.807) is 0 Å². The molecule has 0 saturated carbocycles. The first-order chi connectivity index (χ1) is 9.07. The number of ether oxygens (including phenoxy) is 1. The van der Waals surface area contributed by atoms with E-state index in [4.69, 9.17) is 4.74 Å². The van der Waals surface area contributed by atoms with Gasteiger partial charge < -0.3 is 9.64 Å². The van der Waals surface area contributed by atoms with Gasteiger partial charge in [0.05, 0.1) is 5.70 Å². The lowest BCUT2D eigenvalue weighted by Crippen LogP contribution is -2.42. The van der Waals surface area contributed by atoms with Gasteiger partial charge >= 0.3 is 0 Å². The van der Waals surface area contributed by atoms with Gasteiger partial charge in [-0.05, 0) is 46.1 Å². The smallest absolute Gasteiger partial charge is 0.116 e. The van der Waals surface area contributed by atoms with Crippen LogP contribution in [0, 0.1) is 0 Å². The Morgan fingerprint density at radius 1 is 1.05 bits per heavy atom. The van der Waals surface area contributed by atoms with Crippen LogP contribution >= 0.6 is 0 Å². The molecule has 19 heavy (non-hydrogen) atoms. The summed E-state index contributed by atoms with van der Waals surface area (Å²) in [6, 6.07) is 8.65. The van der Waals surface area contributed by atoms with Crippen LogP contribution in [-0.4, -0.2) is 5.54 Å². The predicted octanol–water partition coefficient (Wildman–Crippen LogP) is 4.61. The zero-order valence-electron chi connectivity index (χ0n) is 12.2. The van der Waals surface area contributed by atoms with Crippen molar-refractivity contribution in [1.82, 2.24) is 0 Å². The summed E-state index contributed by atoms with van der Waals surface area (Å²) in [5.74, 6) is 1.22. The summed E-state index contributed by atoms with van der Waals surface area (Å²) in [5, 5.41) is 0. The zero-order chi connectivity index (χ0) is 13.5. The summed E-state index contributed by atoms with van der Waals surface area (Å²) < 4.78 is 6.10. The molecule has 1 aromatic rings. The molecular weight excluding hydrogens is 234 g/mol. The number of rotatable bonds is 0. The topological polar surface area (TPSA) is 12.5 Å². The van der Waals surface area contributed by atoms with E-state index < -0.39 is 0 Å². The maximum Gasteiger partial charge on any atom is 0.116 e. The first-order valence-corrected chi connectivity index (χ1v) is 7.30. The Balaban J connectivity index is 2.15. The number of anilines is 1. The highest BCUT2D eigenvalue weighted by Gasteiger charge is 2.32. The fourth-order valence-electron chi connectivity index (χ4n) is 3.18. The third-order valence-corrected chi connectivity index (χ3v) is 3.96. The molecule has 1 heterocycles. The molecule has 3 rings (SSSR count). The minimum atomic E-state index is 0.0850. The van der Waals surface area contributed by atoms with Crippen LogP contribution in [0.25, 0.3) is 0 Å². The van der Waals surface area contributed by atoms with Crippen molar-refractivity contribution in [3.8, 4) is 0 Å². The Hall–Kier alpha value is -1.44. The minimum absolute atomic E-state index is 0.0850. The summed E-state index contributed by atoms with van der Waals surface area (Å²) >= 11 is 0. The number of para-hydroxylation sites is 1. The van der Waals surface area contributed by atoms with E-state index in [-0.39, 0.29) is 5.54 Å². The standard InChI is InChI=1S/C17H23NO/c1-17(2,3)18-14-9-5-4-8-13(14)12-19-16-11-7-6-10-15(16)18/h4-5,8-9H,6-7,10-12H2,1-3H3. The molecule has 1 aliphatic carbocycles. The van der Waals surface area contributed by atoms with Crippen molar-refractivity contribution in [2.75, 3.05) is 4.90 Å². The molecule has 0 N–H and O–H groups in total. The monoisotopic (exact) mass is 257 g/mol. The van der Waals surface area contributed by atoms with Crippen molar-refractivity contribution in [3.05, 3.63) is 41.3 Å². The van der Waals surface area contributed by atoms with Crippen molar-refractivity contribution in [1.29, 1.82) is 0 Å². The van der Waals surface area contributed by atoms with Crippen LogP contribution in [0.2, 0.25) is 0 Å². The summed E-state index contributed by atoms with van der Waals surface area (Å²) in [7, 11) is 0. The molecule has 2 aliphatic rings. The van der Waals surface area contributed by atoms with E-state index in [9.17, 15) is 0 Å². The molecule has 0 unspecified atom stereocenters. The van der Waals surface area contributed by atoms with Crippen LogP contribution in [0.3, 0.4) is 0 Å². The normalized spacial score (nSPS) is 19.4. The van der Waals surface area contributed by atoms with Crippen molar-refractivity contribution in [3.63, 3.8) is 0 Å². The Kier molecular flexibility index (Phi) is 3.04. The summed E-state index contributed by atoms with van der Waals surface area (Å²) in [5.41, 5.74) is 4.11. The largest absolute Gasteiger partial charge is 0.491 e. The summed E-state index contributed by atoms with van der Waals surface area (Å²) in [6.45, 7) is 7.57. The number of allylic oxidation sites excluding steroid dienone is 2. The average Bonchev–Trinajstić information content (AvgIpc) is 2.54. The molecule has 2 heteroatoms. The molecule has 0 amide bonds. The molecule has 0 aromatic heterocycles. The highest BCUT2D eigenvalue weighted by molar-refractivity contribution is 5.61. The van der Waals surface area contributed by atoms with Gasteiger partial charge in [0.2, 0.25) is 0 Å². The fourth-order valence-corrected chi connectivity index (χ4v) is 3.18. The van der Waals surface area contributed by atoms with Gasteiger partial charge in [0.1, 0.15) is 12.4 Å². The molecule has 0 fully saturated rings. The van der Waals surface area contributed by atoms with E-state index in [0.717, 1.165) is 12.8 Å². The second-order valence-corrected chi connectivity index (χ2v) is 6.50. The van der Waals surface area contributed by atoms with Crippen LogP contribution in [-0.2, 0) is 11.3 Å². The van der Waals surface area contributed by atoms with Gasteiger partial charge in [-0.15, -0.1) is 0 Å². The molecule has 2 nitrogen and oxygen atoms in total. The third-order valence-electron chi connectivity index (χ3n) is 3.96. The molecule has 0 atom stereocenters. The van der Waals surface area contributed by atoms with Crippen LogP contribution in [0.1, 0.15) is 52.0 Å². The second kappa shape index (κ2) is 4.59. The van der Waals surface area contributed by atoms with Crippen LogP contribution in [0.4, 0.5) is 5.69 Å². The molecule has 0 saturated heterocycles. The number of fused-ring (bicyclic) bond motifs is 1. The van der Waals surface area contributed by atoms with Crippen LogP contribution < -0.4 is 4.90 Å². The van der Waals surface area contributed by atoms with Gasteiger partial charge in [0.25, 0.3) is 0 Å². The summed E-state index contributed by atoms with van der Waals surface area (Å²) in [6.07, 6.45) is 4.76. The number of hydrogen-bond acceptors (Lipinski definition) is 2. The van der Waals surface area contributed by atoms with E-state index in [0.29, 0.717) is 6.61 Å². The first-order valence-electron chi connectivity index (χ1n) is 7.30. The lowest BCUT2D eigenvalue weighted by molar-refractivity contribution is 0.180. The summed E-state index contributed by atoms with van der Waals surface area (Å²) in [4.78, 5) is 2.50. The molecular formula is C17H23NO. The van der Waals surface area contributed by atoms with Crippen molar-refractivity contribution in [2.45, 2.75) is 58.6 Å². The lowest BCUT2D eigenvalue weighted by Gasteiger charge is -2.40. The van der Waals surface area contributed by atoms with Gasteiger partial charge in [-0.25, -0.2) is 0 Å². The number of hydrogen-bond donors (Lipinski definition) is 0. The molecule has 1 aromatic carbocycles. The Labute approximate surface area is 116 Å². The van der Waals surface area contributed by atoms with Gasteiger partial charge in [-0.2, -0.15) is 0 Å². The quantitative estimate of drug-likeness (QED) is 0.673. The Bertz CT molecular complexity index is 510. The highest BCUT2D eigenvalue weighted by atomic mass is 16.5. The Morgan fingerprint density at radius 2 is 1.79 bits per heavy atom. The maximum absolute atomic E-state index is 6.10. The third kappa shape index (κ3) is 2.24. The van der Waals surface area contributed by atoms with E-state index in [2.05, 4.69) is 49.9 Å². The lowest BCUT2D eigenvalue weighted by atomic mass is 9.96. The van der Waals surface area contributed by atoms with Crippen molar-refractivity contribution >= 4 is 5.69 Å². The zero-order valence-corrected chi connectivity index (χ0v) is 12.2. The maximum atomic E-state index is 6.10. The first kappa shape index (κ1) is 12.6.